The van der Waals surface area contributed by atoms with Crippen LogP contribution in [0, 0.1) is 0 Å². The van der Waals surface area contributed by atoms with Crippen LogP contribution in [0.1, 0.15) is 26.5 Å². The molecule has 1 amide bonds. The van der Waals surface area contributed by atoms with E-state index >= 15 is 0 Å². The van der Waals surface area contributed by atoms with E-state index in [1.54, 1.807) is 27.9 Å². The Morgan fingerprint density at radius 1 is 1.32 bits per heavy atom. The number of rotatable bonds is 5. The van der Waals surface area contributed by atoms with Crippen molar-refractivity contribution < 1.29 is 24.2 Å². The lowest BCUT2D eigenvalue weighted by Crippen LogP contribution is -2.44. The van der Waals surface area contributed by atoms with Gasteiger partial charge in [0, 0.05) is 24.5 Å². The molecule has 2 N–H and O–H groups in total. The van der Waals surface area contributed by atoms with E-state index in [1.165, 1.54) is 0 Å². The van der Waals surface area contributed by atoms with Gasteiger partial charge >= 0.3 is 12.1 Å². The molecule has 7 heteroatoms. The smallest absolute Gasteiger partial charge is 0.408 e. The van der Waals surface area contributed by atoms with Gasteiger partial charge in [-0.1, -0.05) is 12.1 Å². The third-order valence-corrected chi connectivity index (χ3v) is 3.74. The maximum absolute atomic E-state index is 11.9. The summed E-state index contributed by atoms with van der Waals surface area (Å²) in [7, 11) is 3.43. The number of nitrogens with zero attached hydrogens (tertiary/aromatic N) is 1. The molecule has 1 unspecified atom stereocenters. The molecule has 7 nitrogen and oxygen atoms in total. The van der Waals surface area contributed by atoms with E-state index in [1.807, 2.05) is 35.9 Å². The molecule has 0 fully saturated rings. The van der Waals surface area contributed by atoms with Crippen LogP contribution in [0.4, 0.5) is 4.79 Å². The van der Waals surface area contributed by atoms with E-state index in [-0.39, 0.29) is 6.42 Å². The SMILES string of the molecule is COc1cccc2cc(CC(NC(=O)OC(C)(C)C)C(=O)O)n(C)c12. The number of methoxy groups -OCH3 is 1. The molecular formula is C18H24N2O5. The molecule has 1 heterocycles. The van der Waals surface area contributed by atoms with Crippen molar-refractivity contribution in [3.63, 3.8) is 0 Å². The highest BCUT2D eigenvalue weighted by Gasteiger charge is 2.25. The topological polar surface area (TPSA) is 89.8 Å². The number of hydrogen-bond acceptors (Lipinski definition) is 4. The summed E-state index contributed by atoms with van der Waals surface area (Å²) in [6.45, 7) is 5.16. The van der Waals surface area contributed by atoms with Gasteiger partial charge < -0.3 is 24.5 Å². The van der Waals surface area contributed by atoms with E-state index in [0.29, 0.717) is 5.75 Å². The minimum absolute atomic E-state index is 0.128. The maximum Gasteiger partial charge on any atom is 0.408 e. The number of aliphatic carboxylic acids is 1. The van der Waals surface area contributed by atoms with Gasteiger partial charge in [0.05, 0.1) is 12.6 Å². The normalized spacial score (nSPS) is 12.7. The predicted octanol–water partition coefficient (Wildman–Crippen LogP) is 2.71. The van der Waals surface area contributed by atoms with Crippen molar-refractivity contribution in [3.8, 4) is 5.75 Å². The van der Waals surface area contributed by atoms with Gasteiger partial charge in [-0.25, -0.2) is 9.59 Å². The summed E-state index contributed by atoms with van der Waals surface area (Å²) in [5, 5.41) is 12.8. The lowest BCUT2D eigenvalue weighted by molar-refractivity contribution is -0.139. The van der Waals surface area contributed by atoms with E-state index in [4.69, 9.17) is 9.47 Å². The van der Waals surface area contributed by atoms with Crippen LogP contribution >= 0.6 is 0 Å². The molecule has 0 bridgehead atoms. The quantitative estimate of drug-likeness (QED) is 0.867. The number of benzene rings is 1. The number of carboxylic acids is 1. The van der Waals surface area contributed by atoms with Crippen molar-refractivity contribution in [2.45, 2.75) is 38.8 Å². The molecule has 0 radical (unpaired) electrons. The van der Waals surface area contributed by atoms with Crippen LogP contribution in [0.5, 0.6) is 5.75 Å². The van der Waals surface area contributed by atoms with Crippen LogP contribution in [0.25, 0.3) is 10.9 Å². The largest absolute Gasteiger partial charge is 0.495 e. The van der Waals surface area contributed by atoms with Crippen molar-refractivity contribution in [1.29, 1.82) is 0 Å². The van der Waals surface area contributed by atoms with Crippen molar-refractivity contribution in [3.05, 3.63) is 30.0 Å². The fraction of sp³-hybridized carbons (Fsp3) is 0.444. The fourth-order valence-electron chi connectivity index (χ4n) is 2.65. The van der Waals surface area contributed by atoms with Crippen LogP contribution in [0.3, 0.4) is 0 Å². The second-order valence-corrected chi connectivity index (χ2v) is 6.83. The monoisotopic (exact) mass is 348 g/mol. The number of hydrogen-bond donors (Lipinski definition) is 2. The predicted molar refractivity (Wildman–Crippen MR) is 94.0 cm³/mol. The Morgan fingerprint density at radius 3 is 2.56 bits per heavy atom. The Kier molecular flexibility index (Phi) is 5.25. The first-order valence-corrected chi connectivity index (χ1v) is 7.96. The standard InChI is InChI=1S/C18H24N2O5/c1-18(2,3)25-17(23)19-13(16(21)22)10-12-9-11-7-6-8-14(24-5)15(11)20(12)4/h6-9,13H,10H2,1-5H3,(H,19,23)(H,21,22). The average molecular weight is 348 g/mol. The number of para-hydroxylation sites is 1. The van der Waals surface area contributed by atoms with Crippen molar-refractivity contribution in [2.24, 2.45) is 7.05 Å². The molecule has 25 heavy (non-hydrogen) atoms. The molecule has 0 aliphatic heterocycles. The number of carboxylic acid groups (broad SMARTS) is 1. The molecule has 1 atom stereocenters. The van der Waals surface area contributed by atoms with Gasteiger partial charge in [0.15, 0.2) is 0 Å². The Bertz CT molecular complexity index is 789. The molecule has 0 saturated carbocycles. The number of aryl methyl sites for hydroxylation is 1. The first kappa shape index (κ1) is 18.6. The molecule has 2 rings (SSSR count). The van der Waals surface area contributed by atoms with E-state index in [0.717, 1.165) is 16.6 Å². The zero-order chi connectivity index (χ0) is 18.8. The van der Waals surface area contributed by atoms with Crippen LogP contribution in [0.2, 0.25) is 0 Å². The number of alkyl carbamates (subject to hydrolysis) is 1. The minimum atomic E-state index is -1.12. The maximum atomic E-state index is 11.9. The number of carbonyl (C=O) groups is 2. The van der Waals surface area contributed by atoms with E-state index in [9.17, 15) is 14.7 Å². The first-order chi connectivity index (χ1) is 11.6. The van der Waals surface area contributed by atoms with Crippen LogP contribution in [-0.2, 0) is 23.0 Å². The van der Waals surface area contributed by atoms with Gasteiger partial charge in [-0.15, -0.1) is 0 Å². The number of aromatic nitrogens is 1. The molecule has 0 spiro atoms. The van der Waals surface area contributed by atoms with Crippen molar-refractivity contribution >= 4 is 23.0 Å². The van der Waals surface area contributed by atoms with Crippen LogP contribution < -0.4 is 10.1 Å². The molecule has 1 aromatic heterocycles. The van der Waals surface area contributed by atoms with E-state index < -0.39 is 23.7 Å². The van der Waals surface area contributed by atoms with Gasteiger partial charge in [0.1, 0.15) is 17.4 Å². The third-order valence-electron chi connectivity index (χ3n) is 3.74. The highest BCUT2D eigenvalue weighted by Crippen LogP contribution is 2.28. The Hall–Kier alpha value is -2.70. The molecule has 136 valence electrons. The molecule has 2 aromatic rings. The summed E-state index contributed by atoms with van der Waals surface area (Å²) in [5.74, 6) is -0.415. The fourth-order valence-corrected chi connectivity index (χ4v) is 2.65. The molecule has 0 aliphatic carbocycles. The summed E-state index contributed by atoms with van der Waals surface area (Å²) in [6, 6.07) is 6.45. The highest BCUT2D eigenvalue weighted by atomic mass is 16.6. The summed E-state index contributed by atoms with van der Waals surface area (Å²) < 4.78 is 12.4. The number of carbonyl (C=O) groups excluding carboxylic acids is 1. The second kappa shape index (κ2) is 7.04. The zero-order valence-corrected chi connectivity index (χ0v) is 15.1. The number of ether oxygens (including phenoxy) is 2. The highest BCUT2D eigenvalue weighted by molar-refractivity contribution is 5.87. The van der Waals surface area contributed by atoms with Crippen LogP contribution in [-0.4, -0.2) is 40.5 Å². The minimum Gasteiger partial charge on any atom is -0.495 e. The van der Waals surface area contributed by atoms with Gasteiger partial charge in [0.2, 0.25) is 0 Å². The van der Waals surface area contributed by atoms with Crippen molar-refractivity contribution in [1.82, 2.24) is 9.88 Å². The second-order valence-electron chi connectivity index (χ2n) is 6.83. The average Bonchev–Trinajstić information content (AvgIpc) is 2.81. The lowest BCUT2D eigenvalue weighted by atomic mass is 10.1. The Morgan fingerprint density at radius 2 is 2.00 bits per heavy atom. The number of nitrogens with one attached hydrogen (secondary N) is 1. The lowest BCUT2D eigenvalue weighted by Gasteiger charge is -2.22. The number of fused-ring (bicyclic) bond motifs is 1. The Labute approximate surface area is 146 Å². The van der Waals surface area contributed by atoms with Crippen molar-refractivity contribution in [2.75, 3.05) is 7.11 Å². The molecule has 0 saturated heterocycles. The summed E-state index contributed by atoms with van der Waals surface area (Å²) in [4.78, 5) is 23.4. The van der Waals surface area contributed by atoms with Gasteiger partial charge in [-0.05, 0) is 32.9 Å². The summed E-state index contributed by atoms with van der Waals surface area (Å²) in [5.41, 5.74) is 0.949. The third kappa shape index (κ3) is 4.43. The summed E-state index contributed by atoms with van der Waals surface area (Å²) in [6.07, 6.45) is -0.626. The molecular weight excluding hydrogens is 324 g/mol. The molecule has 0 aliphatic rings. The summed E-state index contributed by atoms with van der Waals surface area (Å²) >= 11 is 0. The van der Waals surface area contributed by atoms with Crippen LogP contribution in [0.15, 0.2) is 24.3 Å². The number of amides is 1. The van der Waals surface area contributed by atoms with Gasteiger partial charge in [-0.3, -0.25) is 0 Å². The molecule has 1 aromatic carbocycles. The Balaban J connectivity index is 2.25. The van der Waals surface area contributed by atoms with Gasteiger partial charge in [0.25, 0.3) is 0 Å². The first-order valence-electron chi connectivity index (χ1n) is 7.96. The van der Waals surface area contributed by atoms with Gasteiger partial charge in [-0.2, -0.15) is 0 Å². The zero-order valence-electron chi connectivity index (χ0n) is 15.1. The van der Waals surface area contributed by atoms with E-state index in [2.05, 4.69) is 5.32 Å².